The first-order valence-electron chi connectivity index (χ1n) is 22.1. The van der Waals surface area contributed by atoms with Gasteiger partial charge in [-0.05, 0) is 90.1 Å². The van der Waals surface area contributed by atoms with Gasteiger partial charge in [0.25, 0.3) is 0 Å². The molecule has 0 aliphatic carbocycles. The largest absolute Gasteiger partial charge is 0.497 e. The number of carbonyl (C=O) groups excluding carboxylic acids is 5. The summed E-state index contributed by atoms with van der Waals surface area (Å²) < 4.78 is 38.1. The first-order valence-corrected chi connectivity index (χ1v) is 22.1. The van der Waals surface area contributed by atoms with Crippen LogP contribution in [0.25, 0.3) is 6.08 Å². The van der Waals surface area contributed by atoms with Gasteiger partial charge >= 0.3 is 23.9 Å². The Bertz CT molecular complexity index is 2630. The van der Waals surface area contributed by atoms with Crippen molar-refractivity contribution in [2.75, 3.05) is 38.9 Å². The van der Waals surface area contributed by atoms with E-state index in [1.807, 2.05) is 62.4 Å². The van der Waals surface area contributed by atoms with Gasteiger partial charge in [0, 0.05) is 47.3 Å². The fraction of sp³-hybridized carbons (Fsp3) is 0.236. The third-order valence-electron chi connectivity index (χ3n) is 9.91. The molecule has 14 nitrogen and oxygen atoms in total. The predicted octanol–water partition coefficient (Wildman–Crippen LogP) is 10.1. The molecule has 5 aromatic carbocycles. The van der Waals surface area contributed by atoms with E-state index < -0.39 is 23.9 Å². The maximum absolute atomic E-state index is 13.1. The number of anilines is 1. The van der Waals surface area contributed by atoms with Crippen LogP contribution in [0.15, 0.2) is 145 Å². The molecule has 0 bridgehead atoms. The Balaban J connectivity index is 1.08. The Morgan fingerprint density at radius 1 is 0.725 bits per heavy atom. The average Bonchev–Trinajstić information content (AvgIpc) is 3.34. The van der Waals surface area contributed by atoms with Crippen LogP contribution in [0.3, 0.4) is 0 Å². The highest BCUT2D eigenvalue weighted by Crippen LogP contribution is 2.32. The maximum Gasteiger partial charge on any atom is 0.343 e. The number of nitrogens with zero attached hydrogens (tertiary/aromatic N) is 1. The average molecular weight is 937 g/mol. The first-order chi connectivity index (χ1) is 33.3. The van der Waals surface area contributed by atoms with Gasteiger partial charge in [-0.2, -0.15) is 0 Å². The molecule has 0 unspecified atom stereocenters. The summed E-state index contributed by atoms with van der Waals surface area (Å²) in [5.41, 5.74) is 6.09. The second-order valence-electron chi connectivity index (χ2n) is 15.8. The summed E-state index contributed by atoms with van der Waals surface area (Å²) in [4.78, 5) is 66.2. The molecule has 0 fully saturated rings. The summed E-state index contributed by atoms with van der Waals surface area (Å²) >= 11 is 0. The molecule has 5 aromatic rings. The number of carbonyl (C=O) groups is 5. The van der Waals surface area contributed by atoms with E-state index in [1.54, 1.807) is 79.0 Å². The van der Waals surface area contributed by atoms with E-state index in [2.05, 4.69) is 23.5 Å². The number of amides is 1. The molecule has 0 saturated heterocycles. The zero-order valence-corrected chi connectivity index (χ0v) is 39.2. The SMILES string of the molecule is C=CCOCCc1ccc(/C=C/C(=O)Nc2ccc(C(=O)Oc3cc(/N=C/c4ccc(COc5ccc(OC(=O)CCC(=O)OCCOC(=O)C(=C)C)cc5C(C)C)cc4)cc(OC)c3)cc2)cc1. The van der Waals surface area contributed by atoms with E-state index in [1.165, 1.54) is 20.1 Å². The minimum atomic E-state index is -0.618. The van der Waals surface area contributed by atoms with E-state index in [9.17, 15) is 24.0 Å². The highest BCUT2D eigenvalue weighted by Gasteiger charge is 2.16. The van der Waals surface area contributed by atoms with Crippen LogP contribution in [0.5, 0.6) is 23.0 Å². The van der Waals surface area contributed by atoms with Crippen molar-refractivity contribution in [3.8, 4) is 23.0 Å². The predicted molar refractivity (Wildman–Crippen MR) is 263 cm³/mol. The van der Waals surface area contributed by atoms with Crippen molar-refractivity contribution in [1.82, 2.24) is 0 Å². The van der Waals surface area contributed by atoms with Crippen LogP contribution < -0.4 is 24.3 Å². The van der Waals surface area contributed by atoms with E-state index >= 15 is 0 Å². The normalized spacial score (nSPS) is 11.0. The Morgan fingerprint density at radius 2 is 1.41 bits per heavy atom. The van der Waals surface area contributed by atoms with Gasteiger partial charge in [-0.1, -0.05) is 75.0 Å². The van der Waals surface area contributed by atoms with Crippen LogP contribution in [0, 0.1) is 0 Å². The second kappa shape index (κ2) is 26.9. The topological polar surface area (TPSA) is 174 Å². The quantitative estimate of drug-likeness (QED) is 0.0147. The van der Waals surface area contributed by atoms with Crippen LogP contribution in [0.1, 0.15) is 77.7 Å². The van der Waals surface area contributed by atoms with Crippen LogP contribution in [0.4, 0.5) is 11.4 Å². The standard InChI is InChI=1S/C55H56N2O12/c1-7-27-64-28-26-40-10-8-39(9-11-40)16-23-51(58)57-44-19-17-43(18-20-44)55(62)69-48-32-45(31-47(33-48)63-6)56-35-41-12-14-42(15-13-41)36-67-50-22-21-46(34-49(50)37(2)3)68-53(60)25-24-52(59)65-29-30-66-54(61)38(4)5/h7-23,31-35,37H,1,4,24-30,36H2,2-3,5-6H3,(H,57,58)/b23-16+,56-35+. The highest BCUT2D eigenvalue weighted by molar-refractivity contribution is 6.02. The third kappa shape index (κ3) is 17.9. The molecule has 14 heteroatoms. The second-order valence-corrected chi connectivity index (χ2v) is 15.8. The summed E-state index contributed by atoms with van der Waals surface area (Å²) in [6.45, 7) is 13.8. The monoisotopic (exact) mass is 936 g/mol. The zero-order valence-electron chi connectivity index (χ0n) is 39.2. The molecular weight excluding hydrogens is 881 g/mol. The number of hydrogen-bond acceptors (Lipinski definition) is 13. The lowest BCUT2D eigenvalue weighted by molar-refractivity contribution is -0.151. The first kappa shape index (κ1) is 51.9. The summed E-state index contributed by atoms with van der Waals surface area (Å²) in [5.74, 6) is -1.04. The minimum absolute atomic E-state index is 0.0444. The number of ether oxygens (including phenoxy) is 7. The number of esters is 4. The number of rotatable bonds is 25. The molecule has 5 rings (SSSR count). The summed E-state index contributed by atoms with van der Waals surface area (Å²) in [6, 6.07) is 31.9. The van der Waals surface area contributed by atoms with Crippen molar-refractivity contribution in [1.29, 1.82) is 0 Å². The third-order valence-corrected chi connectivity index (χ3v) is 9.91. The minimum Gasteiger partial charge on any atom is -0.497 e. The zero-order chi connectivity index (χ0) is 49.5. The van der Waals surface area contributed by atoms with Gasteiger partial charge < -0.3 is 38.5 Å². The van der Waals surface area contributed by atoms with Crippen molar-refractivity contribution in [3.05, 3.63) is 173 Å². The molecular formula is C55H56N2O12. The smallest absolute Gasteiger partial charge is 0.343 e. The summed E-state index contributed by atoms with van der Waals surface area (Å²) in [5, 5.41) is 2.80. The number of benzene rings is 5. The fourth-order valence-corrected chi connectivity index (χ4v) is 6.23. The highest BCUT2D eigenvalue weighted by atomic mass is 16.6. The number of methoxy groups -OCH3 is 1. The molecule has 0 saturated carbocycles. The van der Waals surface area contributed by atoms with Crippen molar-refractivity contribution in [2.45, 2.75) is 52.6 Å². The van der Waals surface area contributed by atoms with E-state index in [0.29, 0.717) is 41.8 Å². The Hall–Kier alpha value is -8.10. The molecule has 1 N–H and O–H groups in total. The van der Waals surface area contributed by atoms with Gasteiger partial charge in [0.05, 0.1) is 44.4 Å². The molecule has 1 amide bonds. The molecule has 0 atom stereocenters. The summed E-state index contributed by atoms with van der Waals surface area (Å²) in [6.07, 6.45) is 6.97. The molecule has 0 heterocycles. The van der Waals surface area contributed by atoms with Gasteiger partial charge in [-0.25, -0.2) is 9.59 Å². The van der Waals surface area contributed by atoms with Gasteiger partial charge in [0.15, 0.2) is 0 Å². The molecule has 0 aliphatic heterocycles. The van der Waals surface area contributed by atoms with Crippen LogP contribution in [-0.4, -0.2) is 69.5 Å². The lowest BCUT2D eigenvalue weighted by Crippen LogP contribution is -2.16. The molecule has 69 heavy (non-hydrogen) atoms. The van der Waals surface area contributed by atoms with Crippen LogP contribution in [0.2, 0.25) is 0 Å². The summed E-state index contributed by atoms with van der Waals surface area (Å²) in [7, 11) is 1.51. The van der Waals surface area contributed by atoms with Gasteiger partial charge in [-0.15, -0.1) is 6.58 Å². The number of hydrogen-bond donors (Lipinski definition) is 1. The van der Waals surface area contributed by atoms with Gasteiger partial charge in [0.2, 0.25) is 5.91 Å². The Labute approximate surface area is 402 Å². The molecule has 0 aliphatic rings. The van der Waals surface area contributed by atoms with Gasteiger partial charge in [0.1, 0.15) is 42.8 Å². The van der Waals surface area contributed by atoms with Crippen molar-refractivity contribution < 1.29 is 57.1 Å². The van der Waals surface area contributed by atoms with Crippen molar-refractivity contribution in [2.24, 2.45) is 4.99 Å². The van der Waals surface area contributed by atoms with E-state index in [4.69, 9.17) is 33.2 Å². The number of nitrogens with one attached hydrogen (secondary N) is 1. The Kier molecular flexibility index (Phi) is 20.2. The van der Waals surface area contributed by atoms with Crippen LogP contribution >= 0.6 is 0 Å². The van der Waals surface area contributed by atoms with Crippen molar-refractivity contribution >= 4 is 53.4 Å². The molecule has 0 aromatic heterocycles. The lowest BCUT2D eigenvalue weighted by Gasteiger charge is -2.16. The van der Waals surface area contributed by atoms with Gasteiger partial charge in [-0.3, -0.25) is 19.4 Å². The number of aliphatic imine (C=N–C) groups is 1. The van der Waals surface area contributed by atoms with Crippen molar-refractivity contribution in [3.63, 3.8) is 0 Å². The maximum atomic E-state index is 13.1. The molecule has 0 spiro atoms. The molecule has 358 valence electrons. The van der Waals surface area contributed by atoms with Crippen LogP contribution in [-0.2, 0) is 46.4 Å². The molecule has 0 radical (unpaired) electrons. The lowest BCUT2D eigenvalue weighted by atomic mass is 10.0. The Morgan fingerprint density at radius 3 is 2.10 bits per heavy atom. The van der Waals surface area contributed by atoms with E-state index in [-0.39, 0.29) is 61.4 Å². The fourth-order valence-electron chi connectivity index (χ4n) is 6.23. The van der Waals surface area contributed by atoms with E-state index in [0.717, 1.165) is 34.2 Å².